The molecule has 0 radical (unpaired) electrons. The van der Waals surface area contributed by atoms with Crippen molar-refractivity contribution in [1.29, 1.82) is 0 Å². The maximum absolute atomic E-state index is 11.2. The third-order valence-corrected chi connectivity index (χ3v) is 3.47. The topological polar surface area (TPSA) is 64.4 Å². The Labute approximate surface area is 113 Å². The fourth-order valence-electron chi connectivity index (χ4n) is 2.11. The Morgan fingerprint density at radius 2 is 2.26 bits per heavy atom. The Bertz CT molecular complexity index is 462. The van der Waals surface area contributed by atoms with Crippen molar-refractivity contribution in [1.82, 2.24) is 0 Å². The van der Waals surface area contributed by atoms with Gasteiger partial charge in [0.1, 0.15) is 5.69 Å². The smallest absolute Gasteiger partial charge is 0.333 e. The van der Waals surface area contributed by atoms with Gasteiger partial charge >= 0.3 is 5.69 Å². The van der Waals surface area contributed by atoms with Gasteiger partial charge in [0.05, 0.1) is 11.5 Å². The molecule has 0 heterocycles. The number of hydrogen-bond donors (Lipinski definition) is 1. The number of ether oxygens (including phenoxy) is 1. The average Bonchev–Trinajstić information content (AvgIpc) is 3.09. The van der Waals surface area contributed by atoms with Crippen LogP contribution in [0, 0.1) is 22.0 Å². The summed E-state index contributed by atoms with van der Waals surface area (Å²) < 4.78 is 5.45. The lowest BCUT2D eigenvalue weighted by Gasteiger charge is -2.10. The summed E-state index contributed by atoms with van der Waals surface area (Å²) in [6.07, 6.45) is 2.03. The van der Waals surface area contributed by atoms with Crippen molar-refractivity contribution in [2.75, 3.05) is 18.5 Å². The van der Waals surface area contributed by atoms with E-state index >= 15 is 0 Å². The number of nitro groups is 1. The van der Waals surface area contributed by atoms with Gasteiger partial charge in [-0.25, -0.2) is 0 Å². The zero-order valence-corrected chi connectivity index (χ0v) is 11.4. The first-order valence-corrected chi connectivity index (χ1v) is 6.77. The predicted molar refractivity (Wildman–Crippen MR) is 74.6 cm³/mol. The largest absolute Gasteiger partial charge is 0.487 e. The predicted octanol–water partition coefficient (Wildman–Crippen LogP) is 3.45. The van der Waals surface area contributed by atoms with E-state index in [0.717, 1.165) is 18.9 Å². The summed E-state index contributed by atoms with van der Waals surface area (Å²) in [4.78, 5) is 10.8. The van der Waals surface area contributed by atoms with Gasteiger partial charge in [-0.15, -0.1) is 0 Å². The van der Waals surface area contributed by atoms with E-state index in [1.165, 1.54) is 6.42 Å². The number of nitrogens with one attached hydrogen (secondary N) is 1. The third kappa shape index (κ3) is 3.36. The third-order valence-electron chi connectivity index (χ3n) is 3.47. The molecule has 0 aliphatic heterocycles. The van der Waals surface area contributed by atoms with Crippen LogP contribution >= 0.6 is 0 Å². The molecule has 5 nitrogen and oxygen atoms in total. The van der Waals surface area contributed by atoms with Crippen LogP contribution in [0.1, 0.15) is 26.7 Å². The van der Waals surface area contributed by atoms with Crippen LogP contribution in [0.5, 0.6) is 5.75 Å². The number of nitro benzene ring substituents is 1. The molecule has 0 spiro atoms. The van der Waals surface area contributed by atoms with Crippen LogP contribution in [-0.4, -0.2) is 18.1 Å². The summed E-state index contributed by atoms with van der Waals surface area (Å²) in [5.74, 6) is 1.71. The number of nitrogens with zero attached hydrogens (tertiary/aromatic N) is 1. The summed E-state index contributed by atoms with van der Waals surface area (Å²) in [5, 5.41) is 14.4. The Balaban J connectivity index is 2.13. The van der Waals surface area contributed by atoms with E-state index < -0.39 is 0 Å². The molecule has 1 fully saturated rings. The van der Waals surface area contributed by atoms with Gasteiger partial charge in [0.2, 0.25) is 0 Å². The van der Waals surface area contributed by atoms with Crippen molar-refractivity contribution in [3.8, 4) is 5.75 Å². The lowest BCUT2D eigenvalue weighted by atomic mass is 10.2. The summed E-state index contributed by atoms with van der Waals surface area (Å²) in [6.45, 7) is 5.45. The van der Waals surface area contributed by atoms with E-state index in [0.29, 0.717) is 24.0 Å². The molecule has 1 saturated carbocycles. The molecule has 1 aliphatic rings. The molecule has 2 atom stereocenters. The van der Waals surface area contributed by atoms with Gasteiger partial charge in [0, 0.05) is 6.54 Å². The summed E-state index contributed by atoms with van der Waals surface area (Å²) in [7, 11) is 0. The fraction of sp³-hybridized carbons (Fsp3) is 0.571. The van der Waals surface area contributed by atoms with Crippen molar-refractivity contribution in [3.63, 3.8) is 0 Å². The van der Waals surface area contributed by atoms with E-state index in [4.69, 9.17) is 4.74 Å². The van der Waals surface area contributed by atoms with Gasteiger partial charge in [-0.3, -0.25) is 10.1 Å². The monoisotopic (exact) mass is 264 g/mol. The number of hydrogen-bond acceptors (Lipinski definition) is 4. The van der Waals surface area contributed by atoms with Crippen LogP contribution < -0.4 is 10.1 Å². The molecule has 19 heavy (non-hydrogen) atoms. The van der Waals surface area contributed by atoms with Crippen LogP contribution in [0.15, 0.2) is 18.2 Å². The normalized spacial score (nSPS) is 20.9. The standard InChI is InChI=1S/C14H20N2O3/c1-3-7-19-13-6-4-5-12(14(13)16(17)18)15-9-11-8-10(11)2/h4-6,10-11,15H,3,7-9H2,1-2H3. The van der Waals surface area contributed by atoms with E-state index in [1.54, 1.807) is 18.2 Å². The second kappa shape index (κ2) is 5.91. The molecule has 0 aromatic heterocycles. The minimum atomic E-state index is -0.371. The second-order valence-corrected chi connectivity index (χ2v) is 5.11. The number of para-hydroxylation sites is 1. The van der Waals surface area contributed by atoms with Crippen molar-refractivity contribution in [2.24, 2.45) is 11.8 Å². The van der Waals surface area contributed by atoms with Crippen LogP contribution in [0.25, 0.3) is 0 Å². The van der Waals surface area contributed by atoms with Gasteiger partial charge in [-0.05, 0) is 36.8 Å². The number of benzene rings is 1. The van der Waals surface area contributed by atoms with Crippen LogP contribution in [0.4, 0.5) is 11.4 Å². The molecule has 104 valence electrons. The molecule has 1 N–H and O–H groups in total. The molecule has 5 heteroatoms. The molecule has 1 aliphatic carbocycles. The molecular formula is C14H20N2O3. The maximum atomic E-state index is 11.2. The number of anilines is 1. The highest BCUT2D eigenvalue weighted by molar-refractivity contribution is 5.68. The van der Waals surface area contributed by atoms with Gasteiger partial charge in [-0.1, -0.05) is 19.9 Å². The van der Waals surface area contributed by atoms with Crippen LogP contribution in [-0.2, 0) is 0 Å². The van der Waals surface area contributed by atoms with E-state index in [1.807, 2.05) is 6.92 Å². The molecule has 0 bridgehead atoms. The summed E-state index contributed by atoms with van der Waals surface area (Å²) in [6, 6.07) is 5.18. The SMILES string of the molecule is CCCOc1cccc(NCC2CC2C)c1[N+](=O)[O-]. The second-order valence-electron chi connectivity index (χ2n) is 5.11. The van der Waals surface area contributed by atoms with E-state index in [9.17, 15) is 10.1 Å². The zero-order chi connectivity index (χ0) is 13.8. The van der Waals surface area contributed by atoms with Gasteiger partial charge in [-0.2, -0.15) is 0 Å². The van der Waals surface area contributed by atoms with Crippen LogP contribution in [0.3, 0.4) is 0 Å². The highest BCUT2D eigenvalue weighted by Gasteiger charge is 2.32. The van der Waals surface area contributed by atoms with Gasteiger partial charge in [0.15, 0.2) is 5.75 Å². The lowest BCUT2D eigenvalue weighted by Crippen LogP contribution is -2.08. The summed E-state index contributed by atoms with van der Waals surface area (Å²) in [5.41, 5.74) is 0.599. The quantitative estimate of drug-likeness (QED) is 0.605. The minimum absolute atomic E-state index is 0.0456. The van der Waals surface area contributed by atoms with Crippen molar-refractivity contribution in [2.45, 2.75) is 26.7 Å². The molecule has 1 aromatic carbocycles. The average molecular weight is 264 g/mol. The molecule has 1 aromatic rings. The first-order chi connectivity index (χ1) is 9.13. The summed E-state index contributed by atoms with van der Waals surface area (Å²) >= 11 is 0. The highest BCUT2D eigenvalue weighted by atomic mass is 16.6. The van der Waals surface area contributed by atoms with E-state index in [-0.39, 0.29) is 10.6 Å². The van der Waals surface area contributed by atoms with Crippen molar-refractivity contribution >= 4 is 11.4 Å². The molecule has 2 unspecified atom stereocenters. The van der Waals surface area contributed by atoms with Crippen LogP contribution in [0.2, 0.25) is 0 Å². The maximum Gasteiger partial charge on any atom is 0.333 e. The first-order valence-electron chi connectivity index (χ1n) is 6.77. The van der Waals surface area contributed by atoms with Crippen molar-refractivity contribution < 1.29 is 9.66 Å². The fourth-order valence-corrected chi connectivity index (χ4v) is 2.11. The Morgan fingerprint density at radius 1 is 1.53 bits per heavy atom. The molecule has 2 rings (SSSR count). The van der Waals surface area contributed by atoms with Gasteiger partial charge in [0.25, 0.3) is 0 Å². The molecule has 0 amide bonds. The first kappa shape index (κ1) is 13.6. The Kier molecular flexibility index (Phi) is 4.24. The van der Waals surface area contributed by atoms with E-state index in [2.05, 4.69) is 12.2 Å². The Morgan fingerprint density at radius 3 is 2.84 bits per heavy atom. The Hall–Kier alpha value is -1.78. The van der Waals surface area contributed by atoms with Crippen molar-refractivity contribution in [3.05, 3.63) is 28.3 Å². The number of rotatable bonds is 7. The molecular weight excluding hydrogens is 244 g/mol. The highest BCUT2D eigenvalue weighted by Crippen LogP contribution is 2.39. The zero-order valence-electron chi connectivity index (χ0n) is 11.4. The minimum Gasteiger partial charge on any atom is -0.487 e. The van der Waals surface area contributed by atoms with Gasteiger partial charge < -0.3 is 10.1 Å². The lowest BCUT2D eigenvalue weighted by molar-refractivity contribution is -0.385. The molecule has 0 saturated heterocycles.